The summed E-state index contributed by atoms with van der Waals surface area (Å²) in [5.41, 5.74) is 0.962. The molecule has 1 saturated carbocycles. The fraction of sp³-hybridized carbons (Fsp3) is 0.625. The highest BCUT2D eigenvalue weighted by atomic mass is 32.2. The summed E-state index contributed by atoms with van der Waals surface area (Å²) in [7, 11) is -3.36. The molecule has 0 aliphatic heterocycles. The van der Waals surface area contributed by atoms with Crippen LogP contribution in [0, 0.1) is 11.8 Å². The highest BCUT2D eigenvalue weighted by Gasteiger charge is 2.40. The van der Waals surface area contributed by atoms with E-state index in [1.165, 1.54) is 4.31 Å². The zero-order chi connectivity index (χ0) is 15.5. The molecule has 1 aromatic rings. The van der Waals surface area contributed by atoms with Crippen LogP contribution in [0.4, 0.5) is 0 Å². The van der Waals surface area contributed by atoms with Crippen molar-refractivity contribution in [1.29, 1.82) is 0 Å². The van der Waals surface area contributed by atoms with Crippen molar-refractivity contribution in [1.82, 2.24) is 4.31 Å². The number of benzene rings is 1. The highest BCUT2D eigenvalue weighted by Crippen LogP contribution is 2.37. The van der Waals surface area contributed by atoms with Gasteiger partial charge in [0.25, 0.3) is 0 Å². The van der Waals surface area contributed by atoms with E-state index in [1.54, 1.807) is 0 Å². The van der Waals surface area contributed by atoms with Crippen LogP contribution in [0.5, 0.6) is 0 Å². The Morgan fingerprint density at radius 2 is 1.86 bits per heavy atom. The molecular formula is C16H25NO3S. The summed E-state index contributed by atoms with van der Waals surface area (Å²) in [6, 6.07) is 9.31. The summed E-state index contributed by atoms with van der Waals surface area (Å²) in [6.45, 7) is 4.05. The molecule has 1 aliphatic rings. The minimum Gasteiger partial charge on any atom is -0.395 e. The van der Waals surface area contributed by atoms with Crippen molar-refractivity contribution in [3.8, 4) is 0 Å². The molecule has 1 aliphatic carbocycles. The number of sulfonamides is 1. The molecule has 0 bridgehead atoms. The van der Waals surface area contributed by atoms with Gasteiger partial charge in [-0.3, -0.25) is 0 Å². The van der Waals surface area contributed by atoms with Crippen LogP contribution in [0.2, 0.25) is 0 Å². The van der Waals surface area contributed by atoms with Gasteiger partial charge < -0.3 is 5.11 Å². The largest absolute Gasteiger partial charge is 0.395 e. The fourth-order valence-electron chi connectivity index (χ4n) is 2.66. The van der Waals surface area contributed by atoms with Crippen LogP contribution >= 0.6 is 0 Å². The van der Waals surface area contributed by atoms with Crippen molar-refractivity contribution < 1.29 is 13.5 Å². The molecule has 0 radical (unpaired) electrons. The molecule has 0 amide bonds. The van der Waals surface area contributed by atoms with E-state index in [-0.39, 0.29) is 24.3 Å². The molecule has 1 aromatic carbocycles. The van der Waals surface area contributed by atoms with Gasteiger partial charge in [0.05, 0.1) is 18.4 Å². The van der Waals surface area contributed by atoms with Crippen molar-refractivity contribution in [2.45, 2.75) is 39.3 Å². The maximum Gasteiger partial charge on any atom is 0.214 e. The Morgan fingerprint density at radius 3 is 2.33 bits per heavy atom. The monoisotopic (exact) mass is 311 g/mol. The smallest absolute Gasteiger partial charge is 0.214 e. The van der Waals surface area contributed by atoms with Gasteiger partial charge in [0.1, 0.15) is 0 Å². The molecular weight excluding hydrogens is 286 g/mol. The van der Waals surface area contributed by atoms with Crippen LogP contribution in [0.15, 0.2) is 30.3 Å². The van der Waals surface area contributed by atoms with Gasteiger partial charge in [0.15, 0.2) is 0 Å². The van der Waals surface area contributed by atoms with E-state index in [0.29, 0.717) is 12.5 Å². The number of rotatable bonds is 8. The topological polar surface area (TPSA) is 57.6 Å². The second kappa shape index (κ2) is 6.90. The average molecular weight is 311 g/mol. The van der Waals surface area contributed by atoms with Crippen molar-refractivity contribution in [2.24, 2.45) is 11.8 Å². The second-order valence-electron chi connectivity index (χ2n) is 6.29. The van der Waals surface area contributed by atoms with Gasteiger partial charge in [-0.2, -0.15) is 4.31 Å². The highest BCUT2D eigenvalue weighted by molar-refractivity contribution is 7.89. The van der Waals surface area contributed by atoms with Crippen LogP contribution in [0.3, 0.4) is 0 Å². The summed E-state index contributed by atoms with van der Waals surface area (Å²) in [4.78, 5) is 0. The van der Waals surface area contributed by atoms with Gasteiger partial charge >= 0.3 is 0 Å². The Kier molecular flexibility index (Phi) is 5.41. The molecule has 1 N–H and O–H groups in total. The van der Waals surface area contributed by atoms with Crippen LogP contribution < -0.4 is 0 Å². The van der Waals surface area contributed by atoms with E-state index >= 15 is 0 Å². The van der Waals surface area contributed by atoms with Crippen LogP contribution in [-0.2, 0) is 16.6 Å². The lowest BCUT2D eigenvalue weighted by Crippen LogP contribution is -2.45. The molecule has 0 heterocycles. The Morgan fingerprint density at radius 1 is 1.24 bits per heavy atom. The van der Waals surface area contributed by atoms with Gasteiger partial charge in [-0.05, 0) is 30.2 Å². The third-order valence-electron chi connectivity index (χ3n) is 3.81. The summed E-state index contributed by atoms with van der Waals surface area (Å²) in [6.07, 6.45) is 2.02. The van der Waals surface area contributed by atoms with Crippen LogP contribution in [-0.4, -0.2) is 36.2 Å². The molecule has 1 atom stereocenters. The number of hydrogen-bond donors (Lipinski definition) is 1. The first-order valence-electron chi connectivity index (χ1n) is 7.58. The zero-order valence-corrected chi connectivity index (χ0v) is 13.6. The minimum atomic E-state index is -3.36. The number of nitrogens with zero attached hydrogens (tertiary/aromatic N) is 1. The van der Waals surface area contributed by atoms with Crippen LogP contribution in [0.25, 0.3) is 0 Å². The minimum absolute atomic E-state index is 0.0758. The Hall–Kier alpha value is -0.910. The lowest BCUT2D eigenvalue weighted by Gasteiger charge is -2.30. The molecule has 4 nitrogen and oxygen atoms in total. The van der Waals surface area contributed by atoms with Crippen molar-refractivity contribution >= 4 is 10.0 Å². The Balaban J connectivity index is 2.25. The number of aliphatic hydroxyl groups is 1. The molecule has 0 spiro atoms. The van der Waals surface area contributed by atoms with E-state index in [1.807, 2.05) is 44.2 Å². The van der Waals surface area contributed by atoms with Crippen LogP contribution in [0.1, 0.15) is 32.3 Å². The zero-order valence-electron chi connectivity index (χ0n) is 12.8. The van der Waals surface area contributed by atoms with Crippen molar-refractivity contribution in [3.05, 3.63) is 35.9 Å². The molecule has 0 saturated heterocycles. The predicted molar refractivity (Wildman–Crippen MR) is 84.2 cm³/mol. The van der Waals surface area contributed by atoms with Gasteiger partial charge in [-0.1, -0.05) is 44.2 Å². The first-order valence-corrected chi connectivity index (χ1v) is 9.19. The van der Waals surface area contributed by atoms with E-state index in [0.717, 1.165) is 18.4 Å². The van der Waals surface area contributed by atoms with E-state index in [2.05, 4.69) is 0 Å². The first-order chi connectivity index (χ1) is 9.94. The summed E-state index contributed by atoms with van der Waals surface area (Å²) in [5, 5.41) is 9.68. The standard InChI is InChI=1S/C16H25NO3S/c1-13(2)12-21(19,20)17(16(11-18)15-8-9-15)10-14-6-4-3-5-7-14/h3-7,13,15-16,18H,8-12H2,1-2H3. The molecule has 1 fully saturated rings. The SMILES string of the molecule is CC(C)CS(=O)(=O)N(Cc1ccccc1)C(CO)C1CC1. The summed E-state index contributed by atoms with van der Waals surface area (Å²) >= 11 is 0. The van der Waals surface area contributed by atoms with Gasteiger partial charge in [0.2, 0.25) is 10.0 Å². The predicted octanol–water partition coefficient (Wildman–Crippen LogP) is 2.25. The summed E-state index contributed by atoms with van der Waals surface area (Å²) in [5.74, 6) is 0.510. The number of hydrogen-bond acceptors (Lipinski definition) is 3. The fourth-order valence-corrected chi connectivity index (χ4v) is 4.69. The van der Waals surface area contributed by atoms with E-state index < -0.39 is 10.0 Å². The van der Waals surface area contributed by atoms with Gasteiger partial charge in [-0.15, -0.1) is 0 Å². The van der Waals surface area contributed by atoms with Crippen molar-refractivity contribution in [2.75, 3.05) is 12.4 Å². The molecule has 118 valence electrons. The summed E-state index contributed by atoms with van der Waals surface area (Å²) < 4.78 is 26.9. The molecule has 0 aromatic heterocycles. The second-order valence-corrected chi connectivity index (χ2v) is 8.26. The lowest BCUT2D eigenvalue weighted by molar-refractivity contribution is 0.166. The van der Waals surface area contributed by atoms with E-state index in [4.69, 9.17) is 0 Å². The molecule has 21 heavy (non-hydrogen) atoms. The molecule has 2 rings (SSSR count). The average Bonchev–Trinajstić information content (AvgIpc) is 3.23. The normalized spacial score (nSPS) is 17.4. The third kappa shape index (κ3) is 4.53. The maximum atomic E-state index is 12.7. The molecule has 1 unspecified atom stereocenters. The third-order valence-corrected chi connectivity index (χ3v) is 6.01. The Labute approximate surface area is 127 Å². The molecule has 5 heteroatoms. The van der Waals surface area contributed by atoms with Gasteiger partial charge in [0, 0.05) is 6.54 Å². The Bertz CT molecular complexity index is 538. The van der Waals surface area contributed by atoms with E-state index in [9.17, 15) is 13.5 Å². The first kappa shape index (κ1) is 16.5. The number of aliphatic hydroxyl groups excluding tert-OH is 1. The maximum absolute atomic E-state index is 12.7. The quantitative estimate of drug-likeness (QED) is 0.801. The van der Waals surface area contributed by atoms with Crippen molar-refractivity contribution in [3.63, 3.8) is 0 Å². The lowest BCUT2D eigenvalue weighted by atomic mass is 10.1. The van der Waals surface area contributed by atoms with Gasteiger partial charge in [-0.25, -0.2) is 8.42 Å².